The fourth-order valence-corrected chi connectivity index (χ4v) is 4.89. The highest BCUT2D eigenvalue weighted by Gasteiger charge is 2.50. The molecule has 1 N–H and O–H groups in total. The van der Waals surface area contributed by atoms with Crippen molar-refractivity contribution in [3.8, 4) is 12.3 Å². The SMILES string of the molecule is C#Cc1ccc(CC(=O)NCC(C[C@@H]2O[C@@](OCCCCCCOC)(C(=O)OC)CCC2COC(C)=O)OC(C)=O)cc1. The van der Waals surface area contributed by atoms with Gasteiger partial charge in [-0.1, -0.05) is 30.9 Å². The van der Waals surface area contributed by atoms with Crippen molar-refractivity contribution < 1.29 is 47.6 Å². The molecule has 2 rings (SSSR count). The van der Waals surface area contributed by atoms with Gasteiger partial charge in [0.2, 0.25) is 5.91 Å². The molecule has 0 bridgehead atoms. The first-order chi connectivity index (χ1) is 20.6. The number of nitrogens with one attached hydrogen (secondary N) is 1. The highest BCUT2D eigenvalue weighted by molar-refractivity contribution is 5.79. The molecule has 2 unspecified atom stereocenters. The van der Waals surface area contributed by atoms with Crippen LogP contribution in [-0.4, -0.2) is 82.4 Å². The van der Waals surface area contributed by atoms with Gasteiger partial charge >= 0.3 is 17.9 Å². The zero-order valence-corrected chi connectivity index (χ0v) is 25.7. The van der Waals surface area contributed by atoms with Crippen molar-refractivity contribution in [2.45, 2.75) is 83.2 Å². The van der Waals surface area contributed by atoms with E-state index in [0.717, 1.165) is 24.8 Å². The average Bonchev–Trinajstić information content (AvgIpc) is 2.98. The Hall–Kier alpha value is -3.46. The van der Waals surface area contributed by atoms with E-state index in [4.69, 9.17) is 34.8 Å². The molecular weight excluding hydrogens is 558 g/mol. The van der Waals surface area contributed by atoms with Crippen LogP contribution in [-0.2, 0) is 54.0 Å². The molecule has 1 fully saturated rings. The summed E-state index contributed by atoms with van der Waals surface area (Å²) in [6.07, 6.45) is 8.22. The Balaban J connectivity index is 2.13. The second-order valence-corrected chi connectivity index (χ2v) is 10.5. The van der Waals surface area contributed by atoms with Gasteiger partial charge in [-0.2, -0.15) is 0 Å². The molecule has 4 atom stereocenters. The summed E-state index contributed by atoms with van der Waals surface area (Å²) in [5, 5.41) is 2.81. The van der Waals surface area contributed by atoms with Gasteiger partial charge < -0.3 is 33.7 Å². The van der Waals surface area contributed by atoms with Crippen molar-refractivity contribution in [1.82, 2.24) is 5.32 Å². The predicted octanol–water partition coefficient (Wildman–Crippen LogP) is 3.10. The number of methoxy groups -OCH3 is 2. The Labute approximate surface area is 254 Å². The topological polar surface area (TPSA) is 136 Å². The number of ether oxygens (including phenoxy) is 6. The van der Waals surface area contributed by atoms with Gasteiger partial charge in [-0.3, -0.25) is 14.4 Å². The third-order valence-electron chi connectivity index (χ3n) is 7.13. The number of hydrogen-bond donors (Lipinski definition) is 1. The molecule has 1 saturated heterocycles. The van der Waals surface area contributed by atoms with Crippen LogP contribution in [0.5, 0.6) is 0 Å². The molecule has 1 heterocycles. The van der Waals surface area contributed by atoms with Crippen LogP contribution in [0.15, 0.2) is 24.3 Å². The van der Waals surface area contributed by atoms with Crippen molar-refractivity contribution in [1.29, 1.82) is 0 Å². The quantitative estimate of drug-likeness (QED) is 0.115. The van der Waals surface area contributed by atoms with E-state index in [1.807, 2.05) is 0 Å². The summed E-state index contributed by atoms with van der Waals surface area (Å²) in [5.41, 5.74) is 1.49. The molecule has 0 saturated carbocycles. The lowest BCUT2D eigenvalue weighted by atomic mass is 9.87. The average molecular weight is 604 g/mol. The van der Waals surface area contributed by atoms with Crippen LogP contribution >= 0.6 is 0 Å². The number of amides is 1. The molecule has 11 nitrogen and oxygen atoms in total. The van der Waals surface area contributed by atoms with Gasteiger partial charge in [0, 0.05) is 51.9 Å². The summed E-state index contributed by atoms with van der Waals surface area (Å²) < 4.78 is 33.3. The maximum atomic E-state index is 13.0. The minimum atomic E-state index is -1.66. The van der Waals surface area contributed by atoms with E-state index in [0.29, 0.717) is 25.0 Å². The van der Waals surface area contributed by atoms with E-state index >= 15 is 0 Å². The molecular formula is C32H45NO10. The monoisotopic (exact) mass is 603 g/mol. The Bertz CT molecular complexity index is 1080. The summed E-state index contributed by atoms with van der Waals surface area (Å²) in [7, 11) is 2.93. The van der Waals surface area contributed by atoms with Crippen LogP contribution in [0.25, 0.3) is 0 Å². The van der Waals surface area contributed by atoms with Gasteiger partial charge in [0.1, 0.15) is 6.10 Å². The second-order valence-electron chi connectivity index (χ2n) is 10.5. The Morgan fingerprint density at radius 1 is 1.05 bits per heavy atom. The zero-order valence-electron chi connectivity index (χ0n) is 25.7. The summed E-state index contributed by atoms with van der Waals surface area (Å²) in [6, 6.07) is 7.07. The molecule has 0 radical (unpaired) electrons. The first-order valence-corrected chi connectivity index (χ1v) is 14.6. The zero-order chi connectivity index (χ0) is 31.7. The van der Waals surface area contributed by atoms with Crippen molar-refractivity contribution in [3.05, 3.63) is 35.4 Å². The number of esters is 3. The van der Waals surface area contributed by atoms with E-state index < -0.39 is 35.9 Å². The molecule has 1 aromatic carbocycles. The first-order valence-electron chi connectivity index (χ1n) is 14.6. The number of terminal acetylenes is 1. The van der Waals surface area contributed by atoms with Crippen LogP contribution in [0.3, 0.4) is 0 Å². The predicted molar refractivity (Wildman–Crippen MR) is 157 cm³/mol. The van der Waals surface area contributed by atoms with Crippen LogP contribution in [0.1, 0.15) is 69.9 Å². The number of carbonyl (C=O) groups is 4. The van der Waals surface area contributed by atoms with Gasteiger partial charge in [0.05, 0.1) is 39.4 Å². The smallest absolute Gasteiger partial charge is 0.366 e. The van der Waals surface area contributed by atoms with Gasteiger partial charge in [0.25, 0.3) is 5.79 Å². The van der Waals surface area contributed by atoms with Crippen LogP contribution in [0.4, 0.5) is 0 Å². The standard InChI is InChI=1S/C32H45NO10/c1-6-25-11-13-26(14-12-25)19-30(36)33-21-28(42-24(3)35)20-29-27(22-40-23(2)34)15-16-32(43-29,31(37)39-5)41-18-10-8-7-9-17-38-4/h1,11-14,27-29H,7-10,15-22H2,2-5H3,(H,33,36)/t27?,28?,29-,32+/m0/s1. The maximum Gasteiger partial charge on any atom is 0.366 e. The molecule has 1 amide bonds. The number of rotatable bonds is 18. The van der Waals surface area contributed by atoms with E-state index in [1.54, 1.807) is 31.4 Å². The Morgan fingerprint density at radius 3 is 2.35 bits per heavy atom. The second kappa shape index (κ2) is 18.9. The highest BCUT2D eigenvalue weighted by atomic mass is 16.7. The van der Waals surface area contributed by atoms with Crippen LogP contribution < -0.4 is 5.32 Å². The molecule has 0 aliphatic carbocycles. The molecule has 0 aromatic heterocycles. The van der Waals surface area contributed by atoms with Gasteiger partial charge in [-0.25, -0.2) is 4.79 Å². The lowest BCUT2D eigenvalue weighted by Gasteiger charge is -2.43. The summed E-state index contributed by atoms with van der Waals surface area (Å²) in [5.74, 6) is -1.38. The molecule has 238 valence electrons. The van der Waals surface area contributed by atoms with Crippen molar-refractivity contribution >= 4 is 23.8 Å². The fourth-order valence-electron chi connectivity index (χ4n) is 4.89. The number of hydrogen-bond acceptors (Lipinski definition) is 10. The summed E-state index contributed by atoms with van der Waals surface area (Å²) in [6.45, 7) is 3.59. The molecule has 1 aliphatic rings. The van der Waals surface area contributed by atoms with Crippen molar-refractivity contribution in [3.63, 3.8) is 0 Å². The Morgan fingerprint density at radius 2 is 1.74 bits per heavy atom. The van der Waals surface area contributed by atoms with Crippen molar-refractivity contribution in [2.75, 3.05) is 40.6 Å². The number of unbranched alkanes of at least 4 members (excludes halogenated alkanes) is 3. The lowest BCUT2D eigenvalue weighted by molar-refractivity contribution is -0.293. The fraction of sp³-hybridized carbons (Fsp3) is 0.625. The molecule has 1 aliphatic heterocycles. The normalized spacial score (nSPS) is 20.3. The number of benzene rings is 1. The van der Waals surface area contributed by atoms with E-state index in [9.17, 15) is 19.2 Å². The third kappa shape index (κ3) is 12.7. The maximum absolute atomic E-state index is 13.0. The molecule has 0 spiro atoms. The number of carbonyl (C=O) groups excluding carboxylic acids is 4. The molecule has 11 heteroatoms. The minimum Gasteiger partial charge on any atom is -0.465 e. The highest BCUT2D eigenvalue weighted by Crippen LogP contribution is 2.37. The van der Waals surface area contributed by atoms with Gasteiger partial charge in [-0.05, 0) is 37.0 Å². The third-order valence-corrected chi connectivity index (χ3v) is 7.13. The Kier molecular flexibility index (Phi) is 15.7. The largest absolute Gasteiger partial charge is 0.465 e. The first kappa shape index (κ1) is 35.7. The summed E-state index contributed by atoms with van der Waals surface area (Å²) >= 11 is 0. The summed E-state index contributed by atoms with van der Waals surface area (Å²) in [4.78, 5) is 49.2. The minimum absolute atomic E-state index is 0.00849. The van der Waals surface area contributed by atoms with E-state index in [-0.39, 0.29) is 50.8 Å². The van der Waals surface area contributed by atoms with Crippen LogP contribution in [0, 0.1) is 18.3 Å². The van der Waals surface area contributed by atoms with Crippen molar-refractivity contribution in [2.24, 2.45) is 5.92 Å². The van der Waals surface area contributed by atoms with Gasteiger partial charge in [-0.15, -0.1) is 6.42 Å². The van der Waals surface area contributed by atoms with E-state index in [2.05, 4.69) is 11.2 Å². The lowest BCUT2D eigenvalue weighted by Crippen LogP contribution is -2.55. The molecule has 43 heavy (non-hydrogen) atoms. The van der Waals surface area contributed by atoms with Gasteiger partial charge in [0.15, 0.2) is 0 Å². The van der Waals surface area contributed by atoms with E-state index in [1.165, 1.54) is 21.0 Å². The van der Waals surface area contributed by atoms with Crippen LogP contribution in [0.2, 0.25) is 0 Å². The molecule has 1 aromatic rings.